The molecule has 0 saturated heterocycles. The molecule has 0 unspecified atom stereocenters. The van der Waals surface area contributed by atoms with Crippen LogP contribution in [-0.4, -0.2) is 19.0 Å². The SMILES string of the molecule is CC(=O)NCCC#Cc1ccccc1CCN. The number of rotatable bonds is 4. The number of nitrogens with two attached hydrogens (primary N) is 1. The molecular weight excluding hydrogens is 212 g/mol. The van der Waals surface area contributed by atoms with E-state index in [2.05, 4.69) is 17.2 Å². The summed E-state index contributed by atoms with van der Waals surface area (Å²) >= 11 is 0. The van der Waals surface area contributed by atoms with E-state index in [9.17, 15) is 4.79 Å². The smallest absolute Gasteiger partial charge is 0.216 e. The molecule has 1 rings (SSSR count). The van der Waals surface area contributed by atoms with Gasteiger partial charge in [0.1, 0.15) is 0 Å². The van der Waals surface area contributed by atoms with Gasteiger partial charge < -0.3 is 11.1 Å². The Morgan fingerprint density at radius 2 is 2.18 bits per heavy atom. The lowest BCUT2D eigenvalue weighted by molar-refractivity contribution is -0.118. The summed E-state index contributed by atoms with van der Waals surface area (Å²) < 4.78 is 0. The molecule has 90 valence electrons. The predicted molar refractivity (Wildman–Crippen MR) is 69.4 cm³/mol. The fourth-order valence-electron chi connectivity index (χ4n) is 1.47. The maximum Gasteiger partial charge on any atom is 0.216 e. The molecule has 0 atom stereocenters. The highest BCUT2D eigenvalue weighted by atomic mass is 16.1. The van der Waals surface area contributed by atoms with Gasteiger partial charge in [-0.2, -0.15) is 0 Å². The topological polar surface area (TPSA) is 55.1 Å². The standard InChI is InChI=1S/C14H18N2O/c1-12(17)16-11-5-4-8-13-6-2-3-7-14(13)9-10-15/h2-3,6-7H,5,9-11,15H2,1H3,(H,16,17). The number of carbonyl (C=O) groups excluding carboxylic acids is 1. The molecule has 0 aliphatic heterocycles. The number of nitrogens with one attached hydrogen (secondary N) is 1. The Morgan fingerprint density at radius 1 is 1.41 bits per heavy atom. The molecule has 0 saturated carbocycles. The summed E-state index contributed by atoms with van der Waals surface area (Å²) in [7, 11) is 0. The van der Waals surface area contributed by atoms with Gasteiger partial charge in [-0.25, -0.2) is 0 Å². The normalized spacial score (nSPS) is 9.29. The summed E-state index contributed by atoms with van der Waals surface area (Å²) in [6, 6.07) is 8.01. The molecule has 0 radical (unpaired) electrons. The maximum absolute atomic E-state index is 10.6. The zero-order valence-corrected chi connectivity index (χ0v) is 10.1. The van der Waals surface area contributed by atoms with Crippen LogP contribution in [0.5, 0.6) is 0 Å². The highest BCUT2D eigenvalue weighted by Gasteiger charge is 1.96. The van der Waals surface area contributed by atoms with Gasteiger partial charge in [0.15, 0.2) is 0 Å². The van der Waals surface area contributed by atoms with E-state index in [1.54, 1.807) is 0 Å². The summed E-state index contributed by atoms with van der Waals surface area (Å²) in [5, 5.41) is 2.71. The Bertz CT molecular complexity index is 429. The molecule has 3 nitrogen and oxygen atoms in total. The third-order valence-electron chi connectivity index (χ3n) is 2.28. The fraction of sp³-hybridized carbons (Fsp3) is 0.357. The Morgan fingerprint density at radius 3 is 2.88 bits per heavy atom. The van der Waals surface area contributed by atoms with Crippen LogP contribution in [0.3, 0.4) is 0 Å². The Hall–Kier alpha value is -1.79. The van der Waals surface area contributed by atoms with Gasteiger partial charge in [0.2, 0.25) is 5.91 Å². The number of benzene rings is 1. The minimum atomic E-state index is -0.0182. The van der Waals surface area contributed by atoms with Crippen molar-refractivity contribution in [3.05, 3.63) is 35.4 Å². The highest BCUT2D eigenvalue weighted by Crippen LogP contribution is 2.07. The first kappa shape index (κ1) is 13.3. The van der Waals surface area contributed by atoms with Crippen LogP contribution in [0.2, 0.25) is 0 Å². The third-order valence-corrected chi connectivity index (χ3v) is 2.28. The van der Waals surface area contributed by atoms with Gasteiger partial charge in [0.25, 0.3) is 0 Å². The van der Waals surface area contributed by atoms with Gasteiger partial charge in [-0.1, -0.05) is 30.0 Å². The van der Waals surface area contributed by atoms with Crippen molar-refractivity contribution in [2.45, 2.75) is 19.8 Å². The first-order valence-electron chi connectivity index (χ1n) is 5.75. The molecule has 0 spiro atoms. The largest absolute Gasteiger partial charge is 0.355 e. The van der Waals surface area contributed by atoms with E-state index in [0.717, 1.165) is 12.0 Å². The Balaban J connectivity index is 2.55. The van der Waals surface area contributed by atoms with Crippen LogP contribution < -0.4 is 11.1 Å². The summed E-state index contributed by atoms with van der Waals surface area (Å²) in [5.41, 5.74) is 7.75. The molecular formula is C14H18N2O. The number of hydrogen-bond acceptors (Lipinski definition) is 2. The Kier molecular flexibility index (Phi) is 5.84. The van der Waals surface area contributed by atoms with Crippen LogP contribution in [0.1, 0.15) is 24.5 Å². The van der Waals surface area contributed by atoms with Crippen LogP contribution in [0.4, 0.5) is 0 Å². The minimum absolute atomic E-state index is 0.0182. The van der Waals surface area contributed by atoms with Crippen molar-refractivity contribution in [1.82, 2.24) is 5.32 Å². The van der Waals surface area contributed by atoms with Crippen molar-refractivity contribution >= 4 is 5.91 Å². The second-order valence-corrected chi connectivity index (χ2v) is 3.73. The average Bonchev–Trinajstić information content (AvgIpc) is 2.31. The van der Waals surface area contributed by atoms with E-state index >= 15 is 0 Å². The zero-order chi connectivity index (χ0) is 12.5. The van der Waals surface area contributed by atoms with Crippen LogP contribution in [-0.2, 0) is 11.2 Å². The number of hydrogen-bond donors (Lipinski definition) is 2. The number of amides is 1. The maximum atomic E-state index is 10.6. The monoisotopic (exact) mass is 230 g/mol. The van der Waals surface area contributed by atoms with E-state index in [0.29, 0.717) is 19.5 Å². The molecule has 0 aromatic heterocycles. The van der Waals surface area contributed by atoms with E-state index in [4.69, 9.17) is 5.73 Å². The second kappa shape index (κ2) is 7.48. The van der Waals surface area contributed by atoms with Crippen molar-refractivity contribution in [1.29, 1.82) is 0 Å². The number of carbonyl (C=O) groups is 1. The van der Waals surface area contributed by atoms with Crippen molar-refractivity contribution in [3.8, 4) is 11.8 Å². The second-order valence-electron chi connectivity index (χ2n) is 3.73. The lowest BCUT2D eigenvalue weighted by Gasteiger charge is -2.01. The molecule has 1 amide bonds. The predicted octanol–water partition coefficient (Wildman–Crippen LogP) is 1.07. The van der Waals surface area contributed by atoms with E-state index < -0.39 is 0 Å². The van der Waals surface area contributed by atoms with Crippen molar-refractivity contribution in [2.75, 3.05) is 13.1 Å². The van der Waals surface area contributed by atoms with Crippen molar-refractivity contribution in [3.63, 3.8) is 0 Å². The lowest BCUT2D eigenvalue weighted by Crippen LogP contribution is -2.20. The molecule has 17 heavy (non-hydrogen) atoms. The first-order chi connectivity index (χ1) is 8.24. The molecule has 0 heterocycles. The minimum Gasteiger partial charge on any atom is -0.355 e. The fourth-order valence-corrected chi connectivity index (χ4v) is 1.47. The molecule has 3 N–H and O–H groups in total. The highest BCUT2D eigenvalue weighted by molar-refractivity contribution is 5.72. The molecule has 1 aromatic rings. The van der Waals surface area contributed by atoms with Gasteiger partial charge in [0.05, 0.1) is 0 Å². The summed E-state index contributed by atoms with van der Waals surface area (Å²) in [5.74, 6) is 6.15. The first-order valence-corrected chi connectivity index (χ1v) is 5.75. The summed E-state index contributed by atoms with van der Waals surface area (Å²) in [4.78, 5) is 10.6. The van der Waals surface area contributed by atoms with Crippen molar-refractivity contribution in [2.24, 2.45) is 5.73 Å². The van der Waals surface area contributed by atoms with E-state index in [1.165, 1.54) is 12.5 Å². The van der Waals surface area contributed by atoms with E-state index in [1.807, 2.05) is 24.3 Å². The zero-order valence-electron chi connectivity index (χ0n) is 10.1. The van der Waals surface area contributed by atoms with E-state index in [-0.39, 0.29) is 5.91 Å². The van der Waals surface area contributed by atoms with Crippen molar-refractivity contribution < 1.29 is 4.79 Å². The quantitative estimate of drug-likeness (QED) is 0.600. The van der Waals surface area contributed by atoms with Gasteiger partial charge in [-0.05, 0) is 24.6 Å². The van der Waals surface area contributed by atoms with Gasteiger partial charge in [0, 0.05) is 25.5 Å². The molecule has 0 aliphatic rings. The Labute approximate surface area is 102 Å². The average molecular weight is 230 g/mol. The van der Waals surface area contributed by atoms with Crippen LogP contribution in [0.25, 0.3) is 0 Å². The summed E-state index contributed by atoms with van der Waals surface area (Å²) in [6.45, 7) is 2.73. The van der Waals surface area contributed by atoms with Crippen LogP contribution in [0, 0.1) is 11.8 Å². The molecule has 0 bridgehead atoms. The van der Waals surface area contributed by atoms with Gasteiger partial charge >= 0.3 is 0 Å². The van der Waals surface area contributed by atoms with Gasteiger partial charge in [-0.15, -0.1) is 0 Å². The molecule has 3 heteroatoms. The molecule has 0 fully saturated rings. The lowest BCUT2D eigenvalue weighted by atomic mass is 10.1. The van der Waals surface area contributed by atoms with Crippen LogP contribution >= 0.6 is 0 Å². The van der Waals surface area contributed by atoms with Crippen LogP contribution in [0.15, 0.2) is 24.3 Å². The van der Waals surface area contributed by atoms with Gasteiger partial charge in [-0.3, -0.25) is 4.79 Å². The third kappa shape index (κ3) is 5.19. The molecule has 1 aromatic carbocycles. The summed E-state index contributed by atoms with van der Waals surface area (Å²) in [6.07, 6.45) is 1.51. The molecule has 0 aliphatic carbocycles.